The van der Waals surface area contributed by atoms with Crippen molar-refractivity contribution in [1.29, 1.82) is 0 Å². The normalized spacial score (nSPS) is 12.3. The summed E-state index contributed by atoms with van der Waals surface area (Å²) in [4.78, 5) is 9.06. The van der Waals surface area contributed by atoms with Gasteiger partial charge < -0.3 is 14.6 Å². The number of hydrogen-bond donors (Lipinski definition) is 1. The maximum Gasteiger partial charge on any atom is 0.241 e. The summed E-state index contributed by atoms with van der Waals surface area (Å²) >= 11 is 4.89. The van der Waals surface area contributed by atoms with E-state index in [9.17, 15) is 5.11 Å². The molecule has 0 aliphatic carbocycles. The number of aryl methyl sites for hydroxylation is 1. The van der Waals surface area contributed by atoms with Crippen LogP contribution in [-0.2, 0) is 0 Å². The number of methoxy groups -OCH3 is 2. The van der Waals surface area contributed by atoms with Crippen molar-refractivity contribution >= 4 is 27.3 Å². The van der Waals surface area contributed by atoms with Crippen LogP contribution in [0.3, 0.4) is 0 Å². The molecule has 2 aromatic heterocycles. The average Bonchev–Trinajstić information content (AvgIpc) is 2.77. The fraction of sp³-hybridized carbons (Fsp3) is 0.333. The molecule has 19 heavy (non-hydrogen) atoms. The van der Waals surface area contributed by atoms with Gasteiger partial charge in [0.1, 0.15) is 11.8 Å². The first-order valence-electron chi connectivity index (χ1n) is 5.45. The molecule has 2 heterocycles. The lowest BCUT2D eigenvalue weighted by atomic mass is 10.2. The van der Waals surface area contributed by atoms with Gasteiger partial charge in [-0.1, -0.05) is 0 Å². The van der Waals surface area contributed by atoms with Crippen LogP contribution < -0.4 is 9.47 Å². The molecule has 0 radical (unpaired) electrons. The lowest BCUT2D eigenvalue weighted by Crippen LogP contribution is -2.06. The van der Waals surface area contributed by atoms with Crippen LogP contribution in [0.1, 0.15) is 22.2 Å². The Bertz CT molecular complexity index is 569. The molecule has 102 valence electrons. The molecule has 0 aliphatic heterocycles. The number of hydrogen-bond acceptors (Lipinski definition) is 6. The molecule has 1 atom stereocenters. The molecule has 1 unspecified atom stereocenters. The van der Waals surface area contributed by atoms with Gasteiger partial charge in [0, 0.05) is 4.88 Å². The van der Waals surface area contributed by atoms with E-state index in [0.717, 1.165) is 14.2 Å². The van der Waals surface area contributed by atoms with Gasteiger partial charge in [0.15, 0.2) is 0 Å². The van der Waals surface area contributed by atoms with E-state index in [1.165, 1.54) is 31.8 Å². The largest absolute Gasteiger partial charge is 0.480 e. The summed E-state index contributed by atoms with van der Waals surface area (Å²) in [5.74, 6) is 0.602. The Balaban J connectivity index is 2.40. The van der Waals surface area contributed by atoms with Crippen LogP contribution in [0.15, 0.2) is 16.0 Å². The number of aliphatic hydroxyl groups is 1. The highest BCUT2D eigenvalue weighted by Crippen LogP contribution is 2.36. The minimum atomic E-state index is -0.872. The predicted octanol–water partition coefficient (Wildman–Crippen LogP) is 2.71. The Morgan fingerprint density at radius 3 is 2.63 bits per heavy atom. The summed E-state index contributed by atoms with van der Waals surface area (Å²) in [6.07, 6.45) is 0.583. The van der Waals surface area contributed by atoms with E-state index in [2.05, 4.69) is 25.9 Å². The zero-order valence-electron chi connectivity index (χ0n) is 10.7. The van der Waals surface area contributed by atoms with Crippen molar-refractivity contribution in [3.63, 3.8) is 0 Å². The Hall–Kier alpha value is -1.18. The molecule has 7 heteroatoms. The number of ether oxygens (including phenoxy) is 2. The van der Waals surface area contributed by atoms with Crippen LogP contribution in [0.4, 0.5) is 0 Å². The fourth-order valence-electron chi connectivity index (χ4n) is 1.56. The van der Waals surface area contributed by atoms with Crippen molar-refractivity contribution in [2.24, 2.45) is 0 Å². The summed E-state index contributed by atoms with van der Waals surface area (Å²) in [7, 11) is 2.98. The minimum absolute atomic E-state index is 0.258. The van der Waals surface area contributed by atoms with E-state index in [1.807, 2.05) is 13.0 Å². The number of thiophene rings is 1. The van der Waals surface area contributed by atoms with Gasteiger partial charge in [-0.25, -0.2) is 4.98 Å². The summed E-state index contributed by atoms with van der Waals surface area (Å²) in [5.41, 5.74) is 1.44. The lowest BCUT2D eigenvalue weighted by Gasteiger charge is -2.12. The van der Waals surface area contributed by atoms with E-state index < -0.39 is 6.10 Å². The molecule has 0 spiro atoms. The number of aliphatic hydroxyl groups excluding tert-OH is 1. The zero-order valence-corrected chi connectivity index (χ0v) is 13.1. The number of rotatable bonds is 4. The first-order chi connectivity index (χ1) is 9.06. The number of aromatic nitrogens is 2. The van der Waals surface area contributed by atoms with E-state index in [0.29, 0.717) is 11.6 Å². The van der Waals surface area contributed by atoms with Gasteiger partial charge in [0.2, 0.25) is 11.8 Å². The second-order valence-corrected chi connectivity index (χ2v) is 6.22. The van der Waals surface area contributed by atoms with Crippen molar-refractivity contribution < 1.29 is 14.6 Å². The quantitative estimate of drug-likeness (QED) is 0.923. The van der Waals surface area contributed by atoms with Gasteiger partial charge in [-0.2, -0.15) is 4.98 Å². The molecule has 5 nitrogen and oxygen atoms in total. The molecule has 1 N–H and O–H groups in total. The van der Waals surface area contributed by atoms with Crippen molar-refractivity contribution in [3.05, 3.63) is 32.2 Å². The zero-order chi connectivity index (χ0) is 14.0. The summed E-state index contributed by atoms with van der Waals surface area (Å²) in [6.45, 7) is 1.97. The molecule has 0 saturated heterocycles. The number of nitrogens with zero attached hydrogens (tertiary/aromatic N) is 2. The van der Waals surface area contributed by atoms with Crippen LogP contribution in [0.25, 0.3) is 0 Å². The topological polar surface area (TPSA) is 64.5 Å². The van der Waals surface area contributed by atoms with Gasteiger partial charge in [-0.3, -0.25) is 0 Å². The molecule has 2 aromatic rings. The highest BCUT2D eigenvalue weighted by molar-refractivity contribution is 9.11. The Morgan fingerprint density at radius 1 is 1.37 bits per heavy atom. The maximum atomic E-state index is 10.4. The molecule has 0 aromatic carbocycles. The second-order valence-electron chi connectivity index (χ2n) is 3.81. The Labute approximate surface area is 123 Å². The van der Waals surface area contributed by atoms with Crippen LogP contribution in [0.5, 0.6) is 11.8 Å². The maximum absolute atomic E-state index is 10.4. The highest BCUT2D eigenvalue weighted by atomic mass is 79.9. The third-order valence-corrected chi connectivity index (χ3v) is 4.74. The van der Waals surface area contributed by atoms with Crippen molar-refractivity contribution in [2.75, 3.05) is 14.2 Å². The van der Waals surface area contributed by atoms with Crippen LogP contribution >= 0.6 is 27.3 Å². The Kier molecular flexibility index (Phi) is 4.38. The molecule has 0 bridgehead atoms. The van der Waals surface area contributed by atoms with E-state index >= 15 is 0 Å². The predicted molar refractivity (Wildman–Crippen MR) is 76.0 cm³/mol. The van der Waals surface area contributed by atoms with Crippen LogP contribution in [-0.4, -0.2) is 29.3 Å². The van der Waals surface area contributed by atoms with Crippen LogP contribution in [0.2, 0.25) is 0 Å². The van der Waals surface area contributed by atoms with Crippen LogP contribution in [0, 0.1) is 6.92 Å². The standard InChI is InChI=1S/C12H13BrN2O3S/c1-6-4-7(19-11(6)13)10(16)9-12(18-3)15-8(17-2)5-14-9/h4-5,10,16H,1-3H3. The Morgan fingerprint density at radius 2 is 2.11 bits per heavy atom. The van der Waals surface area contributed by atoms with Gasteiger partial charge >= 0.3 is 0 Å². The van der Waals surface area contributed by atoms with Crippen molar-refractivity contribution in [1.82, 2.24) is 9.97 Å². The molecule has 0 saturated carbocycles. The highest BCUT2D eigenvalue weighted by Gasteiger charge is 2.21. The van der Waals surface area contributed by atoms with Gasteiger partial charge in [0.25, 0.3) is 0 Å². The lowest BCUT2D eigenvalue weighted by molar-refractivity contribution is 0.210. The van der Waals surface area contributed by atoms with Gasteiger partial charge in [-0.05, 0) is 34.5 Å². The molecule has 0 aliphatic rings. The van der Waals surface area contributed by atoms with Gasteiger partial charge in [-0.15, -0.1) is 11.3 Å². The third-order valence-electron chi connectivity index (χ3n) is 2.55. The monoisotopic (exact) mass is 344 g/mol. The van der Waals surface area contributed by atoms with Crippen molar-refractivity contribution in [2.45, 2.75) is 13.0 Å². The minimum Gasteiger partial charge on any atom is -0.480 e. The van der Waals surface area contributed by atoms with Crippen molar-refractivity contribution in [3.8, 4) is 11.8 Å². The van der Waals surface area contributed by atoms with E-state index in [-0.39, 0.29) is 5.88 Å². The second kappa shape index (κ2) is 5.85. The summed E-state index contributed by atoms with van der Waals surface area (Å²) in [6, 6.07) is 1.91. The first kappa shape index (κ1) is 14.2. The average molecular weight is 345 g/mol. The fourth-order valence-corrected chi connectivity index (χ4v) is 3.12. The van der Waals surface area contributed by atoms with E-state index in [4.69, 9.17) is 9.47 Å². The number of halogens is 1. The summed E-state index contributed by atoms with van der Waals surface area (Å²) < 4.78 is 11.1. The third kappa shape index (κ3) is 2.88. The first-order valence-corrected chi connectivity index (χ1v) is 7.06. The molecular formula is C12H13BrN2O3S. The molecule has 0 amide bonds. The molecule has 2 rings (SSSR count). The molecular weight excluding hydrogens is 332 g/mol. The smallest absolute Gasteiger partial charge is 0.241 e. The molecule has 0 fully saturated rings. The SMILES string of the molecule is COc1cnc(C(O)c2cc(C)c(Br)s2)c(OC)n1. The summed E-state index contributed by atoms with van der Waals surface area (Å²) in [5, 5.41) is 10.4. The van der Waals surface area contributed by atoms with E-state index in [1.54, 1.807) is 0 Å². The van der Waals surface area contributed by atoms with Gasteiger partial charge in [0.05, 0.1) is 24.2 Å².